The van der Waals surface area contributed by atoms with Crippen LogP contribution in [0.25, 0.3) is 16.3 Å². The molecule has 3 aromatic heterocycles. The van der Waals surface area contributed by atoms with Crippen LogP contribution in [0.5, 0.6) is 0 Å². The topological polar surface area (TPSA) is 59.8 Å². The smallest absolute Gasteiger partial charge is 0.254 e. The molecule has 5 nitrogen and oxygen atoms in total. The van der Waals surface area contributed by atoms with Gasteiger partial charge in [0.15, 0.2) is 0 Å². The van der Waals surface area contributed by atoms with Crippen LogP contribution in [0.2, 0.25) is 0 Å². The van der Waals surface area contributed by atoms with E-state index in [1.807, 2.05) is 49.4 Å². The highest BCUT2D eigenvalue weighted by atomic mass is 32.1. The number of para-hydroxylation sites is 1. The zero-order valence-electron chi connectivity index (χ0n) is 14.0. The molecule has 130 valence electrons. The molecule has 0 aliphatic heterocycles. The lowest BCUT2D eigenvalue weighted by molar-refractivity contribution is 0.0951. The van der Waals surface area contributed by atoms with E-state index in [1.165, 1.54) is 0 Å². The van der Waals surface area contributed by atoms with E-state index in [2.05, 4.69) is 20.8 Å². The van der Waals surface area contributed by atoms with Crippen molar-refractivity contribution in [3.8, 4) is 16.3 Å². The molecule has 3 heterocycles. The van der Waals surface area contributed by atoms with Gasteiger partial charge in [-0.2, -0.15) is 5.10 Å². The van der Waals surface area contributed by atoms with Crippen molar-refractivity contribution in [3.05, 3.63) is 75.7 Å². The van der Waals surface area contributed by atoms with Gasteiger partial charge >= 0.3 is 0 Å². The standard InChI is InChI=1S/C19H16N4OS2/c1-13-22-17(12-25-13)18-8-7-16(26-18)10-20-19(24)14-9-21-23(11-14)15-5-3-2-4-6-15/h2-9,11-12H,10H2,1H3,(H,20,24). The van der Waals surface area contributed by atoms with Crippen molar-refractivity contribution in [2.45, 2.75) is 13.5 Å². The van der Waals surface area contributed by atoms with E-state index < -0.39 is 0 Å². The Kier molecular flexibility index (Phi) is 4.64. The lowest BCUT2D eigenvalue weighted by Gasteiger charge is -2.01. The monoisotopic (exact) mass is 380 g/mol. The molecule has 0 fully saturated rings. The first-order valence-corrected chi connectivity index (χ1v) is 9.78. The Hall–Kier alpha value is -2.77. The fourth-order valence-corrected chi connectivity index (χ4v) is 4.11. The molecule has 0 radical (unpaired) electrons. The maximum Gasteiger partial charge on any atom is 0.254 e. The number of carbonyl (C=O) groups excluding carboxylic acids is 1. The third kappa shape index (κ3) is 3.58. The molecule has 0 spiro atoms. The molecule has 4 rings (SSSR count). The average Bonchev–Trinajstić information content (AvgIpc) is 3.40. The number of thiophene rings is 1. The quantitative estimate of drug-likeness (QED) is 0.562. The number of rotatable bonds is 5. The molecule has 0 atom stereocenters. The molecule has 0 unspecified atom stereocenters. The summed E-state index contributed by atoms with van der Waals surface area (Å²) in [6.45, 7) is 2.49. The number of hydrogen-bond donors (Lipinski definition) is 1. The molecule has 0 aliphatic carbocycles. The van der Waals surface area contributed by atoms with Crippen LogP contribution in [0.1, 0.15) is 20.2 Å². The highest BCUT2D eigenvalue weighted by molar-refractivity contribution is 7.16. The Morgan fingerprint density at radius 1 is 1.19 bits per heavy atom. The van der Waals surface area contributed by atoms with Crippen LogP contribution in [-0.2, 0) is 6.54 Å². The number of nitrogens with zero attached hydrogens (tertiary/aromatic N) is 3. The summed E-state index contributed by atoms with van der Waals surface area (Å²) >= 11 is 3.29. The van der Waals surface area contributed by atoms with Gasteiger partial charge in [-0.25, -0.2) is 9.67 Å². The summed E-state index contributed by atoms with van der Waals surface area (Å²) in [6, 6.07) is 13.8. The Balaban J connectivity index is 1.40. The van der Waals surface area contributed by atoms with Crippen molar-refractivity contribution in [1.82, 2.24) is 20.1 Å². The van der Waals surface area contributed by atoms with Gasteiger partial charge in [0.1, 0.15) is 0 Å². The first-order valence-electron chi connectivity index (χ1n) is 8.08. The molecule has 7 heteroatoms. The summed E-state index contributed by atoms with van der Waals surface area (Å²) in [7, 11) is 0. The van der Waals surface area contributed by atoms with Crippen molar-refractivity contribution < 1.29 is 4.79 Å². The van der Waals surface area contributed by atoms with Crippen molar-refractivity contribution in [2.75, 3.05) is 0 Å². The summed E-state index contributed by atoms with van der Waals surface area (Å²) in [5.74, 6) is -0.133. The van der Waals surface area contributed by atoms with Crippen molar-refractivity contribution >= 4 is 28.6 Å². The van der Waals surface area contributed by atoms with Crippen LogP contribution < -0.4 is 5.32 Å². The van der Waals surface area contributed by atoms with Crippen LogP contribution in [0.15, 0.2) is 60.2 Å². The average molecular weight is 380 g/mol. The zero-order valence-corrected chi connectivity index (χ0v) is 15.7. The zero-order chi connectivity index (χ0) is 17.9. The van der Waals surface area contributed by atoms with Crippen LogP contribution in [0.4, 0.5) is 0 Å². The predicted molar refractivity (Wildman–Crippen MR) is 105 cm³/mol. The fourth-order valence-electron chi connectivity index (χ4n) is 2.52. The number of amides is 1. The van der Waals surface area contributed by atoms with Gasteiger partial charge < -0.3 is 5.32 Å². The van der Waals surface area contributed by atoms with Gasteiger partial charge in [0.25, 0.3) is 5.91 Å². The highest BCUT2D eigenvalue weighted by Crippen LogP contribution is 2.28. The molecule has 0 saturated heterocycles. The summed E-state index contributed by atoms with van der Waals surface area (Å²) in [5, 5.41) is 10.3. The number of thiazole rings is 1. The number of aromatic nitrogens is 3. The summed E-state index contributed by atoms with van der Waals surface area (Å²) in [6.07, 6.45) is 3.32. The van der Waals surface area contributed by atoms with Crippen molar-refractivity contribution in [1.29, 1.82) is 0 Å². The largest absolute Gasteiger partial charge is 0.347 e. The summed E-state index contributed by atoms with van der Waals surface area (Å²) < 4.78 is 1.70. The van der Waals surface area contributed by atoms with E-state index in [0.717, 1.165) is 26.1 Å². The lowest BCUT2D eigenvalue weighted by Crippen LogP contribution is -2.21. The van der Waals surface area contributed by atoms with Crippen LogP contribution in [-0.4, -0.2) is 20.7 Å². The van der Waals surface area contributed by atoms with Gasteiger partial charge in [0, 0.05) is 16.5 Å². The molecule has 0 bridgehead atoms. The maximum absolute atomic E-state index is 12.4. The van der Waals surface area contributed by atoms with Gasteiger partial charge in [-0.05, 0) is 31.2 Å². The molecule has 1 amide bonds. The number of carbonyl (C=O) groups is 1. The van der Waals surface area contributed by atoms with E-state index in [9.17, 15) is 4.79 Å². The Morgan fingerprint density at radius 3 is 2.81 bits per heavy atom. The number of aryl methyl sites for hydroxylation is 1. The van der Waals surface area contributed by atoms with Crippen LogP contribution >= 0.6 is 22.7 Å². The second-order valence-electron chi connectivity index (χ2n) is 5.71. The molecule has 0 saturated carbocycles. The second kappa shape index (κ2) is 7.23. The Morgan fingerprint density at radius 2 is 2.04 bits per heavy atom. The molecule has 1 aromatic carbocycles. The first-order chi connectivity index (χ1) is 12.7. The SMILES string of the molecule is Cc1nc(-c2ccc(CNC(=O)c3cnn(-c4ccccc4)c3)s2)cs1. The van der Waals surface area contributed by atoms with E-state index in [1.54, 1.807) is 39.7 Å². The molecular weight excluding hydrogens is 364 g/mol. The van der Waals surface area contributed by atoms with Gasteiger partial charge in [0.2, 0.25) is 0 Å². The van der Waals surface area contributed by atoms with Gasteiger partial charge in [0.05, 0.1) is 39.6 Å². The molecule has 4 aromatic rings. The third-order valence-corrected chi connectivity index (χ3v) is 5.70. The van der Waals surface area contributed by atoms with E-state index in [0.29, 0.717) is 12.1 Å². The minimum atomic E-state index is -0.133. The van der Waals surface area contributed by atoms with Crippen molar-refractivity contribution in [3.63, 3.8) is 0 Å². The van der Waals surface area contributed by atoms with E-state index in [-0.39, 0.29) is 5.91 Å². The molecule has 26 heavy (non-hydrogen) atoms. The summed E-state index contributed by atoms with van der Waals surface area (Å²) in [4.78, 5) is 19.1. The second-order valence-corrected chi connectivity index (χ2v) is 7.94. The predicted octanol–water partition coefficient (Wildman–Crippen LogP) is 4.30. The van der Waals surface area contributed by atoms with Crippen LogP contribution in [0.3, 0.4) is 0 Å². The maximum atomic E-state index is 12.4. The minimum absolute atomic E-state index is 0.133. The van der Waals surface area contributed by atoms with E-state index >= 15 is 0 Å². The Labute approximate surface area is 159 Å². The van der Waals surface area contributed by atoms with Gasteiger partial charge in [-0.3, -0.25) is 4.79 Å². The number of nitrogens with one attached hydrogen (secondary N) is 1. The lowest BCUT2D eigenvalue weighted by atomic mass is 10.3. The molecule has 1 N–H and O–H groups in total. The summed E-state index contributed by atoms with van der Waals surface area (Å²) in [5.41, 5.74) is 2.47. The van der Waals surface area contributed by atoms with Crippen molar-refractivity contribution in [2.24, 2.45) is 0 Å². The van der Waals surface area contributed by atoms with E-state index in [4.69, 9.17) is 0 Å². The highest BCUT2D eigenvalue weighted by Gasteiger charge is 2.11. The first kappa shape index (κ1) is 16.7. The Bertz CT molecular complexity index is 1030. The number of hydrogen-bond acceptors (Lipinski definition) is 5. The van der Waals surface area contributed by atoms with Gasteiger partial charge in [-0.1, -0.05) is 18.2 Å². The van der Waals surface area contributed by atoms with Crippen LogP contribution in [0, 0.1) is 6.92 Å². The fraction of sp³-hybridized carbons (Fsp3) is 0.105. The molecule has 0 aliphatic rings. The molecular formula is C19H16N4OS2. The minimum Gasteiger partial charge on any atom is -0.347 e. The number of benzene rings is 1. The van der Waals surface area contributed by atoms with Gasteiger partial charge in [-0.15, -0.1) is 22.7 Å². The third-order valence-electron chi connectivity index (χ3n) is 3.82. The normalized spacial score (nSPS) is 10.8.